The number of hydrogen-bond donors (Lipinski definition) is 1. The Labute approximate surface area is 113 Å². The van der Waals surface area contributed by atoms with Gasteiger partial charge in [-0.25, -0.2) is 0 Å². The second-order valence-corrected chi connectivity index (χ2v) is 4.42. The highest BCUT2D eigenvalue weighted by Crippen LogP contribution is 2.22. The van der Waals surface area contributed by atoms with Gasteiger partial charge >= 0.3 is 0 Å². The molecule has 5 nitrogen and oxygen atoms in total. The quantitative estimate of drug-likeness (QED) is 0.884. The molecular formula is C14H18N2O3. The van der Waals surface area contributed by atoms with Gasteiger partial charge in [-0.2, -0.15) is 5.26 Å². The van der Waals surface area contributed by atoms with Crippen molar-refractivity contribution in [2.75, 3.05) is 19.0 Å². The zero-order valence-corrected chi connectivity index (χ0v) is 11.6. The van der Waals surface area contributed by atoms with Gasteiger partial charge in [-0.1, -0.05) is 0 Å². The third-order valence-corrected chi connectivity index (χ3v) is 2.65. The number of carbonyl (C=O) groups excluding carboxylic acids is 1. The fourth-order valence-corrected chi connectivity index (χ4v) is 1.55. The predicted octanol–water partition coefficient (Wildman–Crippen LogP) is 2.32. The first-order valence-corrected chi connectivity index (χ1v) is 5.98. The largest absolute Gasteiger partial charge is 0.497 e. The lowest BCUT2D eigenvalue weighted by atomic mass is 10.1. The van der Waals surface area contributed by atoms with Crippen molar-refractivity contribution in [2.24, 2.45) is 0 Å². The molecule has 0 bridgehead atoms. The topological polar surface area (TPSA) is 71.3 Å². The Kier molecular flexibility index (Phi) is 4.90. The van der Waals surface area contributed by atoms with Crippen LogP contribution in [-0.4, -0.2) is 25.2 Å². The molecule has 0 spiro atoms. The normalized spacial score (nSPS) is 10.7. The monoisotopic (exact) mass is 262 g/mol. The Balaban J connectivity index is 2.94. The summed E-state index contributed by atoms with van der Waals surface area (Å²) in [7, 11) is 1.52. The van der Waals surface area contributed by atoms with Crippen LogP contribution in [0.2, 0.25) is 0 Å². The number of benzene rings is 1. The van der Waals surface area contributed by atoms with Crippen molar-refractivity contribution >= 4 is 11.6 Å². The Morgan fingerprint density at radius 1 is 1.47 bits per heavy atom. The zero-order chi connectivity index (χ0) is 14.5. The number of nitriles is 1. The second kappa shape index (κ2) is 6.21. The first-order valence-electron chi connectivity index (χ1n) is 5.98. The molecule has 0 heterocycles. The van der Waals surface area contributed by atoms with Gasteiger partial charge in [0, 0.05) is 6.61 Å². The highest BCUT2D eigenvalue weighted by molar-refractivity contribution is 5.97. The number of methoxy groups -OCH3 is 1. The summed E-state index contributed by atoms with van der Waals surface area (Å²) in [6, 6.07) is 6.92. The van der Waals surface area contributed by atoms with Crippen molar-refractivity contribution < 1.29 is 14.3 Å². The van der Waals surface area contributed by atoms with Crippen LogP contribution in [0.1, 0.15) is 26.3 Å². The molecule has 0 aliphatic rings. The highest BCUT2D eigenvalue weighted by atomic mass is 16.5. The lowest BCUT2D eigenvalue weighted by Crippen LogP contribution is -2.40. The standard InChI is InChI=1S/C14H18N2O3/c1-5-19-14(2,3)13(17)16-12-7-6-11(18-4)8-10(12)9-15/h6-8H,5H2,1-4H3,(H,16,17). The van der Waals surface area contributed by atoms with Gasteiger partial charge in [0.1, 0.15) is 17.4 Å². The van der Waals surface area contributed by atoms with Gasteiger partial charge in [-0.05, 0) is 39.0 Å². The summed E-state index contributed by atoms with van der Waals surface area (Å²) in [5.74, 6) is 0.273. The van der Waals surface area contributed by atoms with E-state index in [1.807, 2.05) is 13.0 Å². The number of ether oxygens (including phenoxy) is 2. The number of hydrogen-bond acceptors (Lipinski definition) is 4. The molecule has 19 heavy (non-hydrogen) atoms. The summed E-state index contributed by atoms with van der Waals surface area (Å²) in [5, 5.41) is 11.8. The van der Waals surface area contributed by atoms with E-state index < -0.39 is 5.60 Å². The predicted molar refractivity (Wildman–Crippen MR) is 72.0 cm³/mol. The van der Waals surface area contributed by atoms with Crippen LogP contribution < -0.4 is 10.1 Å². The van der Waals surface area contributed by atoms with Gasteiger partial charge in [0.25, 0.3) is 5.91 Å². The summed E-state index contributed by atoms with van der Waals surface area (Å²) in [4.78, 5) is 12.1. The number of nitrogens with zero attached hydrogens (tertiary/aromatic N) is 1. The van der Waals surface area contributed by atoms with E-state index in [0.717, 1.165) is 0 Å². The average Bonchev–Trinajstić information content (AvgIpc) is 2.39. The van der Waals surface area contributed by atoms with Gasteiger partial charge in [-0.3, -0.25) is 4.79 Å². The summed E-state index contributed by atoms with van der Waals surface area (Å²) < 4.78 is 10.4. The second-order valence-electron chi connectivity index (χ2n) is 4.42. The van der Waals surface area contributed by atoms with Gasteiger partial charge in [0.2, 0.25) is 0 Å². The van der Waals surface area contributed by atoms with Gasteiger partial charge < -0.3 is 14.8 Å². The van der Waals surface area contributed by atoms with Crippen molar-refractivity contribution in [1.82, 2.24) is 0 Å². The fraction of sp³-hybridized carbons (Fsp3) is 0.429. The molecule has 1 aromatic carbocycles. The molecule has 0 aliphatic heterocycles. The number of carbonyl (C=O) groups is 1. The Morgan fingerprint density at radius 2 is 2.16 bits per heavy atom. The van der Waals surface area contributed by atoms with Crippen molar-refractivity contribution in [2.45, 2.75) is 26.4 Å². The Hall–Kier alpha value is -2.06. The molecule has 1 N–H and O–H groups in total. The number of amides is 1. The molecule has 0 unspecified atom stereocenters. The van der Waals surface area contributed by atoms with E-state index in [0.29, 0.717) is 23.6 Å². The van der Waals surface area contributed by atoms with Crippen LogP contribution in [0.15, 0.2) is 18.2 Å². The molecular weight excluding hydrogens is 244 g/mol. The summed E-state index contributed by atoms with van der Waals surface area (Å²) >= 11 is 0. The molecule has 0 aromatic heterocycles. The van der Waals surface area contributed by atoms with Crippen molar-refractivity contribution in [1.29, 1.82) is 5.26 Å². The van der Waals surface area contributed by atoms with Crippen LogP contribution in [0.25, 0.3) is 0 Å². The van der Waals surface area contributed by atoms with E-state index in [1.165, 1.54) is 7.11 Å². The maximum atomic E-state index is 12.1. The average molecular weight is 262 g/mol. The zero-order valence-electron chi connectivity index (χ0n) is 11.6. The number of nitrogens with one attached hydrogen (secondary N) is 1. The van der Waals surface area contributed by atoms with E-state index in [2.05, 4.69) is 5.32 Å². The number of anilines is 1. The van der Waals surface area contributed by atoms with E-state index in [-0.39, 0.29) is 5.91 Å². The minimum atomic E-state index is -0.943. The summed E-state index contributed by atoms with van der Waals surface area (Å²) in [6.07, 6.45) is 0. The third kappa shape index (κ3) is 3.70. The molecule has 0 fully saturated rings. The number of rotatable bonds is 5. The van der Waals surface area contributed by atoms with Crippen LogP contribution >= 0.6 is 0 Å². The third-order valence-electron chi connectivity index (χ3n) is 2.65. The smallest absolute Gasteiger partial charge is 0.256 e. The van der Waals surface area contributed by atoms with Crippen LogP contribution in [0, 0.1) is 11.3 Å². The Morgan fingerprint density at radius 3 is 2.68 bits per heavy atom. The molecule has 1 aromatic rings. The van der Waals surface area contributed by atoms with E-state index in [9.17, 15) is 4.79 Å². The summed E-state index contributed by atoms with van der Waals surface area (Å²) in [5.41, 5.74) is -0.150. The first-order chi connectivity index (χ1) is 8.94. The molecule has 0 aliphatic carbocycles. The van der Waals surface area contributed by atoms with Crippen molar-refractivity contribution in [3.05, 3.63) is 23.8 Å². The van der Waals surface area contributed by atoms with Crippen LogP contribution in [0.3, 0.4) is 0 Å². The molecule has 0 radical (unpaired) electrons. The van der Waals surface area contributed by atoms with Crippen LogP contribution in [-0.2, 0) is 9.53 Å². The van der Waals surface area contributed by atoms with Crippen molar-refractivity contribution in [3.8, 4) is 11.8 Å². The SMILES string of the molecule is CCOC(C)(C)C(=O)Nc1ccc(OC)cc1C#N. The van der Waals surface area contributed by atoms with E-state index in [1.54, 1.807) is 32.0 Å². The molecule has 1 rings (SSSR count). The summed E-state index contributed by atoms with van der Waals surface area (Å²) in [6.45, 7) is 5.63. The minimum Gasteiger partial charge on any atom is -0.497 e. The van der Waals surface area contributed by atoms with E-state index >= 15 is 0 Å². The van der Waals surface area contributed by atoms with E-state index in [4.69, 9.17) is 14.7 Å². The van der Waals surface area contributed by atoms with Crippen LogP contribution in [0.4, 0.5) is 5.69 Å². The molecule has 0 saturated heterocycles. The molecule has 102 valence electrons. The molecule has 0 atom stereocenters. The lowest BCUT2D eigenvalue weighted by molar-refractivity contribution is -0.136. The van der Waals surface area contributed by atoms with Gasteiger partial charge in [0.15, 0.2) is 0 Å². The molecule has 0 saturated carbocycles. The maximum Gasteiger partial charge on any atom is 0.256 e. The molecule has 1 amide bonds. The maximum absolute atomic E-state index is 12.1. The van der Waals surface area contributed by atoms with Gasteiger partial charge in [-0.15, -0.1) is 0 Å². The highest BCUT2D eigenvalue weighted by Gasteiger charge is 2.28. The lowest BCUT2D eigenvalue weighted by Gasteiger charge is -2.23. The minimum absolute atomic E-state index is 0.295. The first kappa shape index (κ1) is 15.0. The van der Waals surface area contributed by atoms with Crippen molar-refractivity contribution in [3.63, 3.8) is 0 Å². The fourth-order valence-electron chi connectivity index (χ4n) is 1.55. The van der Waals surface area contributed by atoms with Gasteiger partial charge in [0.05, 0.1) is 18.4 Å². The van der Waals surface area contributed by atoms with Crippen LogP contribution in [0.5, 0.6) is 5.75 Å². The molecule has 5 heteroatoms. The Bertz CT molecular complexity index is 504.